The third kappa shape index (κ3) is 2.37. The molecule has 6 heavy (non-hydrogen) atoms. The molecule has 0 aromatic rings. The van der Waals surface area contributed by atoms with Gasteiger partial charge in [-0.05, 0) is 0 Å². The van der Waals surface area contributed by atoms with E-state index in [9.17, 15) is 0 Å². The van der Waals surface area contributed by atoms with E-state index in [1.54, 1.807) is 6.92 Å². The summed E-state index contributed by atoms with van der Waals surface area (Å²) in [6.45, 7) is 5.78. The first-order valence-corrected chi connectivity index (χ1v) is 4.08. The molecule has 36 valence electrons. The van der Waals surface area contributed by atoms with Gasteiger partial charge < -0.3 is 5.11 Å². The monoisotopic (exact) mass is 105 g/mol. The first-order valence-electron chi connectivity index (χ1n) is 1.84. The Kier molecular flexibility index (Phi) is 2.38. The molecule has 0 aromatic carbocycles. The van der Waals surface area contributed by atoms with Crippen LogP contribution in [0.2, 0.25) is 0 Å². The van der Waals surface area contributed by atoms with Gasteiger partial charge >= 0.3 is 0 Å². The van der Waals surface area contributed by atoms with E-state index in [0.717, 1.165) is 0 Å². The van der Waals surface area contributed by atoms with Crippen LogP contribution in [0.15, 0.2) is 0 Å². The minimum absolute atomic E-state index is 0.187. The lowest BCUT2D eigenvalue weighted by Gasteiger charge is -1.73. The largest absolute Gasteiger partial charge is 0.330 e. The van der Waals surface area contributed by atoms with Crippen LogP contribution in [-0.4, -0.2) is 23.9 Å². The molecule has 0 atom stereocenters. The van der Waals surface area contributed by atoms with Gasteiger partial charge in [0.25, 0.3) is 0 Å². The highest BCUT2D eigenvalue weighted by Crippen LogP contribution is 2.09. The zero-order valence-electron chi connectivity index (χ0n) is 4.39. The Morgan fingerprint density at radius 2 is 1.67 bits per heavy atom. The SMILES string of the molecule is CC(O)=[P+](C)C. The highest BCUT2D eigenvalue weighted by molar-refractivity contribution is 7.56. The molecular formula is C4H10OP+. The van der Waals surface area contributed by atoms with Crippen molar-refractivity contribution in [1.29, 1.82) is 0 Å². The average molecular weight is 105 g/mol. The standard InChI is InChI=1S/C4H9OP/c1-4(5)6(2)3/h1-3H3/p+1. The average Bonchev–Trinajstić information content (AvgIpc) is 1.36. The summed E-state index contributed by atoms with van der Waals surface area (Å²) in [5.74, 6) is 0. The van der Waals surface area contributed by atoms with Crippen LogP contribution in [0.25, 0.3) is 0 Å². The molecule has 0 amide bonds. The maximum absolute atomic E-state index is 8.58. The molecule has 0 bridgehead atoms. The van der Waals surface area contributed by atoms with E-state index in [0.29, 0.717) is 5.48 Å². The van der Waals surface area contributed by atoms with Crippen LogP contribution in [0.4, 0.5) is 0 Å². The fraction of sp³-hybridized carbons (Fsp3) is 0.750. The maximum atomic E-state index is 8.58. The second kappa shape index (κ2) is 2.33. The van der Waals surface area contributed by atoms with Crippen LogP contribution in [0.1, 0.15) is 6.92 Å². The van der Waals surface area contributed by atoms with Crippen LogP contribution in [0, 0.1) is 0 Å². The summed E-state index contributed by atoms with van der Waals surface area (Å²) in [7, 11) is -0.187. The van der Waals surface area contributed by atoms with Crippen molar-refractivity contribution in [3.8, 4) is 0 Å². The molecule has 0 radical (unpaired) electrons. The van der Waals surface area contributed by atoms with Crippen molar-refractivity contribution in [2.45, 2.75) is 6.92 Å². The highest BCUT2D eigenvalue weighted by atomic mass is 31.1. The molecular weight excluding hydrogens is 95.0 g/mol. The molecule has 0 spiro atoms. The lowest BCUT2D eigenvalue weighted by molar-refractivity contribution is 0.563. The first kappa shape index (κ1) is 6.13. The van der Waals surface area contributed by atoms with Gasteiger partial charge in [0.05, 0.1) is 13.3 Å². The Hall–Kier alpha value is 0.130. The summed E-state index contributed by atoms with van der Waals surface area (Å²) in [5, 5.41) is 8.58. The van der Waals surface area contributed by atoms with Gasteiger partial charge in [0.2, 0.25) is 5.48 Å². The molecule has 0 fully saturated rings. The van der Waals surface area contributed by atoms with Gasteiger partial charge in [-0.3, -0.25) is 0 Å². The van der Waals surface area contributed by atoms with Gasteiger partial charge in [0.1, 0.15) is 7.55 Å². The molecule has 1 N–H and O–H groups in total. The van der Waals surface area contributed by atoms with E-state index in [2.05, 4.69) is 0 Å². The first-order chi connectivity index (χ1) is 2.64. The van der Waals surface area contributed by atoms with Crippen molar-refractivity contribution in [3.63, 3.8) is 0 Å². The summed E-state index contributed by atoms with van der Waals surface area (Å²) in [5.41, 5.74) is 0.574. The van der Waals surface area contributed by atoms with E-state index >= 15 is 0 Å². The van der Waals surface area contributed by atoms with E-state index < -0.39 is 0 Å². The molecule has 2 heteroatoms. The Bertz CT molecular complexity index is 57.6. The molecule has 0 aromatic heterocycles. The zero-order valence-corrected chi connectivity index (χ0v) is 5.29. The Morgan fingerprint density at radius 1 is 1.50 bits per heavy atom. The van der Waals surface area contributed by atoms with Crippen LogP contribution in [0.5, 0.6) is 0 Å². The van der Waals surface area contributed by atoms with E-state index in [-0.39, 0.29) is 7.55 Å². The number of aliphatic hydroxyl groups excluding tert-OH is 1. The van der Waals surface area contributed by atoms with Crippen molar-refractivity contribution in [3.05, 3.63) is 0 Å². The minimum Gasteiger partial charge on any atom is -0.330 e. The third-order valence-corrected chi connectivity index (χ3v) is 1.94. The highest BCUT2D eigenvalue weighted by Gasteiger charge is 1.92. The smallest absolute Gasteiger partial charge is 0.218 e. The Balaban J connectivity index is 3.68. The predicted molar refractivity (Wildman–Crippen MR) is 31.4 cm³/mol. The molecule has 0 unspecified atom stereocenters. The summed E-state index contributed by atoms with van der Waals surface area (Å²) in [6.07, 6.45) is 0. The molecule has 0 aliphatic rings. The summed E-state index contributed by atoms with van der Waals surface area (Å²) < 4.78 is 0. The molecule has 0 saturated carbocycles. The topological polar surface area (TPSA) is 20.2 Å². The van der Waals surface area contributed by atoms with Crippen molar-refractivity contribution in [1.82, 2.24) is 0 Å². The maximum Gasteiger partial charge on any atom is 0.218 e. The van der Waals surface area contributed by atoms with Crippen LogP contribution < -0.4 is 0 Å². The lowest BCUT2D eigenvalue weighted by Crippen LogP contribution is -1.80. The van der Waals surface area contributed by atoms with Gasteiger partial charge in [-0.2, -0.15) is 0 Å². The van der Waals surface area contributed by atoms with E-state index in [4.69, 9.17) is 5.11 Å². The van der Waals surface area contributed by atoms with Crippen molar-refractivity contribution >= 4 is 13.0 Å². The minimum atomic E-state index is -0.187. The van der Waals surface area contributed by atoms with Gasteiger partial charge in [0, 0.05) is 6.92 Å². The molecule has 1 nitrogen and oxygen atoms in total. The molecule has 0 saturated heterocycles. The van der Waals surface area contributed by atoms with Crippen molar-refractivity contribution in [2.24, 2.45) is 0 Å². The molecule has 0 aliphatic heterocycles. The Morgan fingerprint density at radius 3 is 1.67 bits per heavy atom. The number of rotatable bonds is 0. The normalized spacial score (nSPS) is 8.00. The number of aliphatic hydroxyl groups is 1. The van der Waals surface area contributed by atoms with Gasteiger partial charge in [-0.1, -0.05) is 0 Å². The van der Waals surface area contributed by atoms with E-state index in [1.807, 2.05) is 13.3 Å². The van der Waals surface area contributed by atoms with Gasteiger partial charge in [-0.25, -0.2) is 0 Å². The number of hydrogen-bond donors (Lipinski definition) is 1. The molecule has 0 aliphatic carbocycles. The molecule has 0 heterocycles. The van der Waals surface area contributed by atoms with Crippen LogP contribution in [-0.2, 0) is 0 Å². The van der Waals surface area contributed by atoms with Crippen molar-refractivity contribution in [2.75, 3.05) is 13.3 Å². The van der Waals surface area contributed by atoms with Crippen LogP contribution in [0.3, 0.4) is 0 Å². The summed E-state index contributed by atoms with van der Waals surface area (Å²) in [6, 6.07) is 0. The predicted octanol–water partition coefficient (Wildman–Crippen LogP) is 1.25. The third-order valence-electron chi connectivity index (χ3n) is 0.647. The van der Waals surface area contributed by atoms with Gasteiger partial charge in [-0.15, -0.1) is 0 Å². The van der Waals surface area contributed by atoms with E-state index in [1.165, 1.54) is 0 Å². The Labute approximate surface area is 39.4 Å². The number of hydrogen-bond acceptors (Lipinski definition) is 0. The second-order valence-electron chi connectivity index (χ2n) is 1.44. The summed E-state index contributed by atoms with van der Waals surface area (Å²) >= 11 is 0. The summed E-state index contributed by atoms with van der Waals surface area (Å²) in [4.78, 5) is 0. The van der Waals surface area contributed by atoms with Gasteiger partial charge in [0.15, 0.2) is 0 Å². The van der Waals surface area contributed by atoms with Crippen molar-refractivity contribution < 1.29 is 5.11 Å². The van der Waals surface area contributed by atoms with Crippen LogP contribution >= 0.6 is 7.55 Å². The zero-order chi connectivity index (χ0) is 5.15. The molecule has 0 rings (SSSR count). The second-order valence-corrected chi connectivity index (χ2v) is 3.88. The fourth-order valence-corrected chi connectivity index (χ4v) is 0. The lowest BCUT2D eigenvalue weighted by atomic mass is 10.9. The quantitative estimate of drug-likeness (QED) is 0.459. The fourth-order valence-electron chi connectivity index (χ4n) is 0.